The van der Waals surface area contributed by atoms with E-state index in [4.69, 9.17) is 1.37 Å². The van der Waals surface area contributed by atoms with Crippen molar-refractivity contribution in [3.8, 4) is 5.75 Å². The Kier molecular flexibility index (Phi) is 1.62. The second-order valence-corrected chi connectivity index (χ2v) is 3.85. The Hall–Kier alpha value is -2.09. The first kappa shape index (κ1) is 8.11. The number of aromatic nitrogens is 1. The number of nitrogens with zero attached hydrogens (tertiary/aromatic N) is 1. The predicted molar refractivity (Wildman–Crippen MR) is 65.7 cm³/mol. The van der Waals surface area contributed by atoms with Gasteiger partial charge in [0.2, 0.25) is 0 Å². The molecule has 2 nitrogen and oxygen atoms in total. The molecule has 1 heterocycles. The van der Waals surface area contributed by atoms with Crippen LogP contribution in [0.25, 0.3) is 21.7 Å². The van der Waals surface area contributed by atoms with Gasteiger partial charge in [-0.3, -0.25) is 4.98 Å². The predicted octanol–water partition coefficient (Wildman–Crippen LogP) is 3.40. The quantitative estimate of drug-likeness (QED) is 0.577. The Balaban J connectivity index is 2.72. The van der Waals surface area contributed by atoms with E-state index in [0.29, 0.717) is 11.4 Å². The van der Waals surface area contributed by atoms with Gasteiger partial charge in [0.1, 0.15) is 5.75 Å². The highest BCUT2D eigenvalue weighted by Crippen LogP contribution is 2.32. The van der Waals surface area contributed by atoms with Crippen LogP contribution in [0.2, 0.25) is 0 Å². The van der Waals surface area contributed by atoms with E-state index in [-0.39, 0.29) is 5.75 Å². The van der Waals surface area contributed by atoms with Crippen LogP contribution in [-0.4, -0.2) is 10.1 Å². The second kappa shape index (κ2) is 3.20. The maximum absolute atomic E-state index is 9.96. The molecule has 0 aliphatic rings. The number of aryl methyl sites for hydroxylation is 1. The van der Waals surface area contributed by atoms with E-state index in [1.54, 1.807) is 18.3 Å². The molecular formula is C14H11NO. The number of aromatic hydroxyl groups is 1. The lowest BCUT2D eigenvalue weighted by Crippen LogP contribution is -1.85. The number of hydrogen-bond acceptors (Lipinski definition) is 2. The van der Waals surface area contributed by atoms with Crippen LogP contribution in [-0.2, 0) is 0 Å². The number of fused-ring (bicyclic) bond motifs is 3. The fourth-order valence-electron chi connectivity index (χ4n) is 2.07. The van der Waals surface area contributed by atoms with Gasteiger partial charge in [-0.25, -0.2) is 0 Å². The molecule has 0 spiro atoms. The minimum absolute atomic E-state index is 0.180. The van der Waals surface area contributed by atoms with Crippen molar-refractivity contribution in [1.82, 2.24) is 4.98 Å². The lowest BCUT2D eigenvalue weighted by molar-refractivity contribution is 0.482. The van der Waals surface area contributed by atoms with Crippen molar-refractivity contribution in [1.29, 1.82) is 0 Å². The van der Waals surface area contributed by atoms with Crippen LogP contribution in [0.15, 0.2) is 42.6 Å². The molecule has 16 heavy (non-hydrogen) atoms. The molecule has 3 aromatic rings. The van der Waals surface area contributed by atoms with Crippen molar-refractivity contribution in [2.75, 3.05) is 0 Å². The van der Waals surface area contributed by atoms with Crippen LogP contribution in [0.5, 0.6) is 5.75 Å². The zero-order chi connectivity index (χ0) is 12.0. The van der Waals surface area contributed by atoms with Crippen LogP contribution >= 0.6 is 0 Å². The number of hydrogen-bond donors (Lipinski definition) is 1. The molecule has 0 atom stereocenters. The number of phenolic OH excluding ortho intramolecular Hbond substituents is 1. The Bertz CT molecular complexity index is 737. The maximum atomic E-state index is 9.96. The van der Waals surface area contributed by atoms with Gasteiger partial charge in [-0.2, -0.15) is 0 Å². The third kappa shape index (κ3) is 1.16. The number of rotatable bonds is 0. The van der Waals surface area contributed by atoms with E-state index in [9.17, 15) is 5.11 Å². The SMILES string of the molecule is [2H]c1c(C)c2cccnc2c2c(O)cccc12. The fourth-order valence-corrected chi connectivity index (χ4v) is 2.07. The normalized spacial score (nSPS) is 11.9. The summed E-state index contributed by atoms with van der Waals surface area (Å²) in [4.78, 5) is 4.33. The van der Waals surface area contributed by atoms with E-state index < -0.39 is 0 Å². The Labute approximate surface area is 94.6 Å². The first-order valence-electron chi connectivity index (χ1n) is 5.65. The maximum Gasteiger partial charge on any atom is 0.125 e. The number of pyridine rings is 1. The molecule has 0 fully saturated rings. The molecule has 0 unspecified atom stereocenters. The van der Waals surface area contributed by atoms with Crippen molar-refractivity contribution >= 4 is 21.7 Å². The number of benzene rings is 2. The summed E-state index contributed by atoms with van der Waals surface area (Å²) >= 11 is 0. The van der Waals surface area contributed by atoms with E-state index in [0.717, 1.165) is 21.9 Å². The van der Waals surface area contributed by atoms with Crippen LogP contribution in [0.4, 0.5) is 0 Å². The Morgan fingerprint density at radius 1 is 1.25 bits per heavy atom. The monoisotopic (exact) mass is 210 g/mol. The molecule has 0 aliphatic carbocycles. The average molecular weight is 210 g/mol. The van der Waals surface area contributed by atoms with Gasteiger partial charge in [0.15, 0.2) is 0 Å². The molecule has 0 amide bonds. The van der Waals surface area contributed by atoms with Gasteiger partial charge in [-0.1, -0.05) is 24.2 Å². The minimum atomic E-state index is 0.180. The molecule has 0 aliphatic heterocycles. The smallest absolute Gasteiger partial charge is 0.125 e. The largest absolute Gasteiger partial charge is 0.507 e. The van der Waals surface area contributed by atoms with Gasteiger partial charge < -0.3 is 5.11 Å². The molecule has 0 radical (unpaired) electrons. The summed E-state index contributed by atoms with van der Waals surface area (Å²) in [5.41, 5.74) is 1.65. The molecule has 1 aromatic heterocycles. The summed E-state index contributed by atoms with van der Waals surface area (Å²) in [6.45, 7) is 1.91. The molecule has 1 N–H and O–H groups in total. The van der Waals surface area contributed by atoms with Crippen molar-refractivity contribution in [2.24, 2.45) is 0 Å². The lowest BCUT2D eigenvalue weighted by Gasteiger charge is -2.07. The van der Waals surface area contributed by atoms with Crippen LogP contribution in [0, 0.1) is 6.92 Å². The van der Waals surface area contributed by atoms with E-state index >= 15 is 0 Å². The van der Waals surface area contributed by atoms with Gasteiger partial charge >= 0.3 is 0 Å². The summed E-state index contributed by atoms with van der Waals surface area (Å²) in [7, 11) is 0. The molecule has 0 saturated heterocycles. The van der Waals surface area contributed by atoms with Gasteiger partial charge in [0.25, 0.3) is 0 Å². The second-order valence-electron chi connectivity index (χ2n) is 3.85. The highest BCUT2D eigenvalue weighted by Gasteiger charge is 2.07. The van der Waals surface area contributed by atoms with Gasteiger partial charge in [-0.05, 0) is 30.0 Å². The van der Waals surface area contributed by atoms with E-state index in [1.807, 2.05) is 25.1 Å². The standard InChI is InChI=1S/C14H11NO/c1-9-8-10-4-2-6-12(16)13(10)14-11(9)5-3-7-15-14/h2-8,16H,1H3/i8D. The summed E-state index contributed by atoms with van der Waals surface area (Å²) in [5.74, 6) is 0.180. The molecular weight excluding hydrogens is 198 g/mol. The fraction of sp³-hybridized carbons (Fsp3) is 0.0714. The summed E-state index contributed by atoms with van der Waals surface area (Å²) in [6, 6.07) is 9.46. The van der Waals surface area contributed by atoms with Crippen molar-refractivity contribution in [2.45, 2.75) is 6.92 Å². The topological polar surface area (TPSA) is 33.1 Å². The molecule has 2 heteroatoms. The first-order chi connectivity index (χ1) is 8.20. The van der Waals surface area contributed by atoms with Gasteiger partial charge in [-0.15, -0.1) is 0 Å². The Morgan fingerprint density at radius 3 is 3.00 bits per heavy atom. The van der Waals surface area contributed by atoms with Gasteiger partial charge in [0.05, 0.1) is 6.89 Å². The third-order valence-corrected chi connectivity index (χ3v) is 2.81. The molecule has 0 saturated carbocycles. The number of phenols is 1. The van der Waals surface area contributed by atoms with E-state index in [1.165, 1.54) is 0 Å². The molecule has 78 valence electrons. The highest BCUT2D eigenvalue weighted by molar-refractivity contribution is 6.09. The first-order valence-corrected chi connectivity index (χ1v) is 5.15. The highest BCUT2D eigenvalue weighted by atomic mass is 16.3. The van der Waals surface area contributed by atoms with Crippen LogP contribution in [0.3, 0.4) is 0 Å². The summed E-state index contributed by atoms with van der Waals surface area (Å²) < 4.78 is 8.13. The Morgan fingerprint density at radius 2 is 2.12 bits per heavy atom. The summed E-state index contributed by atoms with van der Waals surface area (Å²) in [6.07, 6.45) is 1.71. The zero-order valence-electron chi connectivity index (χ0n) is 9.86. The zero-order valence-corrected chi connectivity index (χ0v) is 8.86. The van der Waals surface area contributed by atoms with Crippen molar-refractivity contribution in [3.63, 3.8) is 0 Å². The molecule has 2 aromatic carbocycles. The van der Waals surface area contributed by atoms with Crippen LogP contribution < -0.4 is 0 Å². The average Bonchev–Trinajstić information content (AvgIpc) is 2.36. The molecule has 3 rings (SSSR count). The molecule has 0 bridgehead atoms. The van der Waals surface area contributed by atoms with Crippen molar-refractivity contribution < 1.29 is 6.48 Å². The van der Waals surface area contributed by atoms with Crippen LogP contribution in [0.1, 0.15) is 6.93 Å². The lowest BCUT2D eigenvalue weighted by atomic mass is 10.0. The van der Waals surface area contributed by atoms with Gasteiger partial charge in [0, 0.05) is 17.0 Å². The minimum Gasteiger partial charge on any atom is -0.507 e. The summed E-state index contributed by atoms with van der Waals surface area (Å²) in [5, 5.41) is 12.3. The van der Waals surface area contributed by atoms with Crippen molar-refractivity contribution in [3.05, 3.63) is 48.1 Å². The third-order valence-electron chi connectivity index (χ3n) is 2.81. The van der Waals surface area contributed by atoms with E-state index in [2.05, 4.69) is 4.98 Å².